The first-order chi connectivity index (χ1) is 16.2. The summed E-state index contributed by atoms with van der Waals surface area (Å²) in [6.07, 6.45) is 10.2. The van der Waals surface area contributed by atoms with E-state index in [2.05, 4.69) is 38.5 Å². The van der Waals surface area contributed by atoms with Crippen LogP contribution in [0.25, 0.3) is 0 Å². The summed E-state index contributed by atoms with van der Waals surface area (Å²) in [5.41, 5.74) is 2.88. The van der Waals surface area contributed by atoms with E-state index in [0.29, 0.717) is 11.2 Å². The molecule has 1 aliphatic carbocycles. The van der Waals surface area contributed by atoms with Gasteiger partial charge in [0.25, 0.3) is 0 Å². The number of para-hydroxylation sites is 1. The third-order valence-corrected chi connectivity index (χ3v) is 7.00. The molecule has 1 aromatic carbocycles. The Morgan fingerprint density at radius 1 is 1.03 bits per heavy atom. The molecule has 1 aliphatic heterocycles. The Morgan fingerprint density at radius 2 is 1.82 bits per heavy atom. The lowest BCUT2D eigenvalue weighted by molar-refractivity contribution is -0.116. The molecule has 2 atom stereocenters. The van der Waals surface area contributed by atoms with Gasteiger partial charge in [0.15, 0.2) is 5.11 Å². The van der Waals surface area contributed by atoms with Gasteiger partial charge in [0.1, 0.15) is 6.54 Å². The number of carbonyl (C=O) groups excluding carboxylic acids is 1. The minimum Gasteiger partial charge on any atom is -0.352 e. The van der Waals surface area contributed by atoms with Crippen molar-refractivity contribution >= 4 is 28.9 Å². The molecule has 3 aromatic rings. The molecule has 2 N–H and O–H groups in total. The van der Waals surface area contributed by atoms with Gasteiger partial charge in [-0.05, 0) is 61.5 Å². The van der Waals surface area contributed by atoms with Crippen LogP contribution in [0.15, 0.2) is 73.1 Å². The molecule has 170 valence electrons. The summed E-state index contributed by atoms with van der Waals surface area (Å²) >= 11 is 5.75. The van der Waals surface area contributed by atoms with Crippen LogP contribution in [-0.2, 0) is 4.79 Å². The van der Waals surface area contributed by atoms with E-state index >= 15 is 0 Å². The molecule has 2 fully saturated rings. The van der Waals surface area contributed by atoms with Crippen LogP contribution >= 0.6 is 12.2 Å². The van der Waals surface area contributed by atoms with Crippen LogP contribution in [0.1, 0.15) is 61.6 Å². The molecule has 1 amide bonds. The first-order valence-electron chi connectivity index (χ1n) is 11.7. The number of carbonyl (C=O) groups is 1. The van der Waals surface area contributed by atoms with E-state index in [4.69, 9.17) is 12.2 Å². The monoisotopic (exact) mass is 459 g/mol. The largest absolute Gasteiger partial charge is 0.352 e. The molecule has 1 saturated heterocycles. The number of aromatic nitrogens is 2. The summed E-state index contributed by atoms with van der Waals surface area (Å²) in [6, 6.07) is 20.0. The van der Waals surface area contributed by atoms with Crippen LogP contribution in [0.3, 0.4) is 0 Å². The predicted molar refractivity (Wildman–Crippen MR) is 134 cm³/mol. The van der Waals surface area contributed by atoms with Crippen molar-refractivity contribution in [1.82, 2.24) is 19.8 Å². The van der Waals surface area contributed by atoms with E-state index in [1.165, 1.54) is 37.8 Å². The molecule has 0 radical (unpaired) electrons. The highest BCUT2D eigenvalue weighted by Crippen LogP contribution is 2.41. The van der Waals surface area contributed by atoms with Gasteiger partial charge in [-0.3, -0.25) is 9.78 Å². The number of benzene rings is 1. The lowest BCUT2D eigenvalue weighted by Gasteiger charge is -2.32. The molecule has 0 spiro atoms. The fourth-order valence-electron chi connectivity index (χ4n) is 5.12. The number of rotatable bonds is 6. The summed E-state index contributed by atoms with van der Waals surface area (Å²) in [7, 11) is 0. The van der Waals surface area contributed by atoms with E-state index < -0.39 is 0 Å². The molecule has 0 unspecified atom stereocenters. The van der Waals surface area contributed by atoms with E-state index in [9.17, 15) is 4.79 Å². The van der Waals surface area contributed by atoms with Gasteiger partial charge >= 0.3 is 0 Å². The van der Waals surface area contributed by atoms with Crippen molar-refractivity contribution in [3.8, 4) is 0 Å². The van der Waals surface area contributed by atoms with Crippen molar-refractivity contribution < 1.29 is 4.79 Å². The Labute approximate surface area is 200 Å². The molecule has 1 saturated carbocycles. The summed E-state index contributed by atoms with van der Waals surface area (Å²) in [6.45, 7) is 0.171. The van der Waals surface area contributed by atoms with E-state index in [1.807, 2.05) is 59.6 Å². The third kappa shape index (κ3) is 4.64. The van der Waals surface area contributed by atoms with Gasteiger partial charge in [-0.2, -0.15) is 0 Å². The van der Waals surface area contributed by atoms with Gasteiger partial charge in [0.2, 0.25) is 5.91 Å². The molecule has 33 heavy (non-hydrogen) atoms. The van der Waals surface area contributed by atoms with E-state index in [-0.39, 0.29) is 24.5 Å². The Morgan fingerprint density at radius 3 is 2.58 bits per heavy atom. The van der Waals surface area contributed by atoms with Crippen molar-refractivity contribution in [1.29, 1.82) is 0 Å². The highest BCUT2D eigenvalue weighted by atomic mass is 32.1. The molecular weight excluding hydrogens is 430 g/mol. The van der Waals surface area contributed by atoms with Crippen LogP contribution in [0.5, 0.6) is 0 Å². The van der Waals surface area contributed by atoms with Gasteiger partial charge in [0.05, 0.1) is 17.8 Å². The summed E-state index contributed by atoms with van der Waals surface area (Å²) in [5, 5.41) is 7.04. The number of hydrogen-bond donors (Lipinski definition) is 2. The Balaban J connectivity index is 1.46. The van der Waals surface area contributed by atoms with Crippen molar-refractivity contribution in [3.05, 3.63) is 84.4 Å². The van der Waals surface area contributed by atoms with Crippen LogP contribution in [0.4, 0.5) is 5.69 Å². The van der Waals surface area contributed by atoms with Crippen molar-refractivity contribution in [2.75, 3.05) is 11.9 Å². The van der Waals surface area contributed by atoms with Crippen LogP contribution in [0.2, 0.25) is 0 Å². The maximum absolute atomic E-state index is 13.0. The minimum absolute atomic E-state index is 0.0900. The van der Waals surface area contributed by atoms with Crippen molar-refractivity contribution in [2.45, 2.75) is 50.2 Å². The second kappa shape index (κ2) is 9.75. The summed E-state index contributed by atoms with van der Waals surface area (Å²) in [4.78, 5) is 19.6. The quantitative estimate of drug-likeness (QED) is 0.508. The number of hydrogen-bond acceptors (Lipinski definition) is 3. The molecule has 7 heteroatoms. The molecular formula is C26H29N5OS. The standard InChI is InChI=1S/C26H29N5OS/c32-23(28-19-10-3-1-4-11-19)18-31-25(24(29-26(31)33)21-14-7-8-16-27-21)22-15-9-17-30(22)20-12-5-2-6-13-20/h1,3-4,7-11,14-17,20,24-25H,2,5-6,12-13,18H2,(H,28,32)(H,29,33)/t24-,25+/m0/s1. The zero-order valence-electron chi connectivity index (χ0n) is 18.6. The first-order valence-corrected chi connectivity index (χ1v) is 12.1. The number of pyridine rings is 1. The molecule has 0 bridgehead atoms. The molecule has 6 nitrogen and oxygen atoms in total. The average Bonchev–Trinajstić information content (AvgIpc) is 3.45. The molecule has 2 aromatic heterocycles. The SMILES string of the molecule is O=C(CN1C(=S)N[C@@H](c2ccccn2)[C@H]1c1cccn1C1CCCCC1)Nc1ccccc1. The maximum atomic E-state index is 13.0. The lowest BCUT2D eigenvalue weighted by atomic mass is 9.94. The normalized spacial score (nSPS) is 21.1. The molecule has 2 aliphatic rings. The van der Waals surface area contributed by atoms with Crippen LogP contribution < -0.4 is 10.6 Å². The third-order valence-electron chi connectivity index (χ3n) is 6.65. The topological polar surface area (TPSA) is 62.2 Å². The van der Waals surface area contributed by atoms with Gasteiger partial charge in [-0.25, -0.2) is 0 Å². The predicted octanol–water partition coefficient (Wildman–Crippen LogP) is 5.00. The first kappa shape index (κ1) is 21.6. The van der Waals surface area contributed by atoms with Crippen LogP contribution in [0, 0.1) is 0 Å². The Hall–Kier alpha value is -3.19. The highest BCUT2D eigenvalue weighted by Gasteiger charge is 2.42. The zero-order valence-corrected chi connectivity index (χ0v) is 19.4. The van der Waals surface area contributed by atoms with Gasteiger partial charge in [-0.1, -0.05) is 43.5 Å². The summed E-state index contributed by atoms with van der Waals surface area (Å²) in [5.74, 6) is -0.0900. The van der Waals surface area contributed by atoms with Gasteiger partial charge in [-0.15, -0.1) is 0 Å². The fraction of sp³-hybridized carbons (Fsp3) is 0.346. The van der Waals surface area contributed by atoms with Gasteiger partial charge < -0.3 is 20.1 Å². The lowest BCUT2D eigenvalue weighted by Crippen LogP contribution is -2.37. The second-order valence-electron chi connectivity index (χ2n) is 8.80. The Bertz CT molecular complexity index is 1090. The smallest absolute Gasteiger partial charge is 0.244 e. The second-order valence-corrected chi connectivity index (χ2v) is 9.19. The highest BCUT2D eigenvalue weighted by molar-refractivity contribution is 7.80. The average molecular weight is 460 g/mol. The molecule has 5 rings (SSSR count). The molecule has 3 heterocycles. The number of nitrogens with one attached hydrogen (secondary N) is 2. The number of nitrogens with zero attached hydrogens (tertiary/aromatic N) is 3. The van der Waals surface area contributed by atoms with Crippen molar-refractivity contribution in [2.24, 2.45) is 0 Å². The summed E-state index contributed by atoms with van der Waals surface area (Å²) < 4.78 is 2.41. The van der Waals surface area contributed by atoms with E-state index in [0.717, 1.165) is 11.4 Å². The fourth-order valence-corrected chi connectivity index (χ4v) is 5.43. The number of amides is 1. The maximum Gasteiger partial charge on any atom is 0.244 e. The minimum atomic E-state index is -0.125. The number of thiocarbonyl (C=S) groups is 1. The zero-order chi connectivity index (χ0) is 22.6. The van der Waals surface area contributed by atoms with Crippen molar-refractivity contribution in [3.63, 3.8) is 0 Å². The van der Waals surface area contributed by atoms with Gasteiger partial charge in [0, 0.05) is 29.8 Å². The van der Waals surface area contributed by atoms with Crippen LogP contribution in [-0.4, -0.2) is 32.0 Å². The Kier molecular flexibility index (Phi) is 6.39. The van der Waals surface area contributed by atoms with E-state index in [1.54, 1.807) is 0 Å². The number of anilines is 1.